The normalized spacial score (nSPS) is 14.6. The molecule has 9 heteroatoms. The number of anilines is 2. The number of benzene rings is 1. The van der Waals surface area contributed by atoms with Crippen molar-refractivity contribution in [3.8, 4) is 5.75 Å². The molecule has 0 saturated heterocycles. The lowest BCUT2D eigenvalue weighted by atomic mass is 10.2. The van der Waals surface area contributed by atoms with Crippen molar-refractivity contribution >= 4 is 39.1 Å². The van der Waals surface area contributed by atoms with Gasteiger partial charge in [0.1, 0.15) is 5.75 Å². The zero-order valence-electron chi connectivity index (χ0n) is 8.36. The summed E-state index contributed by atoms with van der Waals surface area (Å²) < 4.78 is 28.9. The summed E-state index contributed by atoms with van der Waals surface area (Å²) in [5.74, 6) is 0.0147. The predicted molar refractivity (Wildman–Crippen MR) is 62.3 cm³/mol. The Morgan fingerprint density at radius 1 is 1.47 bits per heavy atom. The summed E-state index contributed by atoms with van der Waals surface area (Å²) in [5.41, 5.74) is 0.468. The lowest BCUT2D eigenvalue weighted by molar-refractivity contribution is -0.118. The quantitative estimate of drug-likeness (QED) is 0.721. The molecule has 1 aliphatic heterocycles. The van der Waals surface area contributed by atoms with Crippen LogP contribution in [0, 0.1) is 0 Å². The van der Waals surface area contributed by atoms with E-state index < -0.39 is 10.2 Å². The maximum absolute atomic E-state index is 11.0. The molecule has 0 saturated carbocycles. The molecule has 0 spiro atoms. The average molecular weight is 278 g/mol. The summed E-state index contributed by atoms with van der Waals surface area (Å²) >= 11 is 5.83. The first kappa shape index (κ1) is 12.0. The van der Waals surface area contributed by atoms with Gasteiger partial charge in [0.15, 0.2) is 6.61 Å². The highest BCUT2D eigenvalue weighted by molar-refractivity contribution is 7.90. The maximum atomic E-state index is 11.0. The van der Waals surface area contributed by atoms with Gasteiger partial charge in [-0.1, -0.05) is 11.6 Å². The minimum absolute atomic E-state index is 0.0871. The van der Waals surface area contributed by atoms with E-state index in [1.807, 2.05) is 4.72 Å². The molecule has 1 aromatic carbocycles. The molecule has 1 amide bonds. The smallest absolute Gasteiger partial charge is 0.296 e. The number of ether oxygens (including phenoxy) is 1. The first-order valence-corrected chi connectivity index (χ1v) is 6.34. The summed E-state index contributed by atoms with van der Waals surface area (Å²) in [5, 5.41) is 7.46. The molecule has 7 nitrogen and oxygen atoms in total. The fraction of sp³-hybridized carbons (Fsp3) is 0.125. The van der Waals surface area contributed by atoms with Crippen molar-refractivity contribution in [2.45, 2.75) is 0 Å². The van der Waals surface area contributed by atoms with Crippen molar-refractivity contribution < 1.29 is 17.9 Å². The standard InChI is InChI=1S/C8H8ClN3O4S/c9-4-1-6-7(16-3-8(13)11-6)2-5(4)12-17(10,14)15/h1-2,12H,3H2,(H,11,13)(H2,10,14,15). The van der Waals surface area contributed by atoms with E-state index in [1.165, 1.54) is 12.1 Å². The second-order valence-electron chi connectivity index (χ2n) is 3.31. The van der Waals surface area contributed by atoms with Crippen LogP contribution in [0.2, 0.25) is 5.02 Å². The molecule has 2 rings (SSSR count). The molecule has 0 aliphatic carbocycles. The van der Waals surface area contributed by atoms with Gasteiger partial charge in [-0.2, -0.15) is 8.42 Å². The summed E-state index contributed by atoms with van der Waals surface area (Å²) in [6.45, 7) is -0.135. The fourth-order valence-corrected chi connectivity index (χ4v) is 2.07. The molecule has 0 fully saturated rings. The number of hydrogen-bond donors (Lipinski definition) is 3. The van der Waals surface area contributed by atoms with Crippen LogP contribution in [-0.2, 0) is 15.0 Å². The van der Waals surface area contributed by atoms with Crippen LogP contribution in [0.3, 0.4) is 0 Å². The Bertz CT molecular complexity index is 587. The van der Waals surface area contributed by atoms with Crippen LogP contribution in [0.4, 0.5) is 11.4 Å². The van der Waals surface area contributed by atoms with Gasteiger partial charge >= 0.3 is 0 Å². The van der Waals surface area contributed by atoms with Crippen molar-refractivity contribution in [1.29, 1.82) is 0 Å². The summed E-state index contributed by atoms with van der Waals surface area (Å²) in [4.78, 5) is 11.0. The van der Waals surface area contributed by atoms with Gasteiger partial charge in [-0.25, -0.2) is 5.14 Å². The van der Waals surface area contributed by atoms with Crippen LogP contribution in [0.25, 0.3) is 0 Å². The second kappa shape index (κ2) is 4.06. The van der Waals surface area contributed by atoms with Gasteiger partial charge in [0.2, 0.25) is 0 Å². The largest absolute Gasteiger partial charge is 0.482 e. The Hall–Kier alpha value is -1.51. The van der Waals surface area contributed by atoms with E-state index in [2.05, 4.69) is 5.32 Å². The molecule has 1 aromatic rings. The van der Waals surface area contributed by atoms with E-state index in [9.17, 15) is 13.2 Å². The van der Waals surface area contributed by atoms with Crippen molar-refractivity contribution in [3.05, 3.63) is 17.2 Å². The third-order valence-corrected chi connectivity index (χ3v) is 2.77. The number of carbonyl (C=O) groups is 1. The molecule has 0 atom stereocenters. The van der Waals surface area contributed by atoms with Crippen molar-refractivity contribution in [1.82, 2.24) is 0 Å². The van der Waals surface area contributed by atoms with Crippen molar-refractivity contribution in [3.63, 3.8) is 0 Å². The molecule has 0 bridgehead atoms. The van der Waals surface area contributed by atoms with Crippen LogP contribution in [-0.4, -0.2) is 20.9 Å². The molecule has 1 aliphatic rings. The highest BCUT2D eigenvalue weighted by Gasteiger charge is 2.19. The van der Waals surface area contributed by atoms with Crippen molar-refractivity contribution in [2.75, 3.05) is 16.6 Å². The Labute approximate surface area is 102 Å². The first-order chi connectivity index (χ1) is 7.85. The molecule has 92 valence electrons. The minimum atomic E-state index is -3.91. The Kier molecular flexibility index (Phi) is 2.86. The van der Waals surface area contributed by atoms with E-state index in [0.29, 0.717) is 11.4 Å². The summed E-state index contributed by atoms with van der Waals surface area (Å²) in [6, 6.07) is 2.73. The first-order valence-electron chi connectivity index (χ1n) is 4.42. The third-order valence-electron chi connectivity index (χ3n) is 1.95. The number of rotatable bonds is 2. The zero-order valence-corrected chi connectivity index (χ0v) is 9.93. The van der Waals surface area contributed by atoms with Crippen LogP contribution in [0.15, 0.2) is 12.1 Å². The highest BCUT2D eigenvalue weighted by Crippen LogP contribution is 2.36. The Morgan fingerprint density at radius 2 is 2.18 bits per heavy atom. The van der Waals surface area contributed by atoms with Gasteiger partial charge in [0.25, 0.3) is 16.1 Å². The van der Waals surface area contributed by atoms with E-state index >= 15 is 0 Å². The van der Waals surface area contributed by atoms with Crippen LogP contribution < -0.4 is 19.9 Å². The van der Waals surface area contributed by atoms with Gasteiger partial charge in [0.05, 0.1) is 16.4 Å². The molecule has 17 heavy (non-hydrogen) atoms. The van der Waals surface area contributed by atoms with Gasteiger partial charge in [-0.3, -0.25) is 9.52 Å². The van der Waals surface area contributed by atoms with Gasteiger partial charge in [-0.15, -0.1) is 0 Å². The topological polar surface area (TPSA) is 111 Å². The molecular formula is C8H8ClN3O4S. The minimum Gasteiger partial charge on any atom is -0.482 e. The summed E-state index contributed by atoms with van der Waals surface area (Å²) in [6.07, 6.45) is 0. The average Bonchev–Trinajstić information content (AvgIpc) is 2.17. The van der Waals surface area contributed by atoms with E-state index in [0.717, 1.165) is 0 Å². The number of fused-ring (bicyclic) bond motifs is 1. The molecule has 1 heterocycles. The number of hydrogen-bond acceptors (Lipinski definition) is 4. The van der Waals surface area contributed by atoms with Crippen LogP contribution in [0.5, 0.6) is 5.75 Å². The predicted octanol–water partition coefficient (Wildman–Crippen LogP) is 0.286. The number of nitrogens with two attached hydrogens (primary N) is 1. The van der Waals surface area contributed by atoms with E-state index in [4.69, 9.17) is 21.5 Å². The molecule has 0 aromatic heterocycles. The zero-order chi connectivity index (χ0) is 12.6. The Balaban J connectivity index is 2.41. The number of halogens is 1. The SMILES string of the molecule is NS(=O)(=O)Nc1cc2c(cc1Cl)NC(=O)CO2. The maximum Gasteiger partial charge on any atom is 0.296 e. The molecule has 0 unspecified atom stereocenters. The summed E-state index contributed by atoms with van der Waals surface area (Å²) in [7, 11) is -3.91. The lowest BCUT2D eigenvalue weighted by Gasteiger charge is -2.19. The highest BCUT2D eigenvalue weighted by atomic mass is 35.5. The van der Waals surface area contributed by atoms with E-state index in [1.54, 1.807) is 0 Å². The van der Waals surface area contributed by atoms with Gasteiger partial charge in [-0.05, 0) is 6.07 Å². The number of amides is 1. The molecular weight excluding hydrogens is 270 g/mol. The van der Waals surface area contributed by atoms with Crippen molar-refractivity contribution in [2.24, 2.45) is 5.14 Å². The fourth-order valence-electron chi connectivity index (χ4n) is 1.33. The van der Waals surface area contributed by atoms with Crippen LogP contribution in [0.1, 0.15) is 0 Å². The number of carbonyl (C=O) groups excluding carboxylic acids is 1. The number of nitrogens with one attached hydrogen (secondary N) is 2. The van der Waals surface area contributed by atoms with Crippen LogP contribution >= 0.6 is 11.6 Å². The molecule has 0 radical (unpaired) electrons. The third kappa shape index (κ3) is 2.78. The van der Waals surface area contributed by atoms with Gasteiger partial charge in [0, 0.05) is 6.07 Å². The second-order valence-corrected chi connectivity index (χ2v) is 5.01. The van der Waals surface area contributed by atoms with Gasteiger partial charge < -0.3 is 10.1 Å². The Morgan fingerprint density at radius 3 is 2.82 bits per heavy atom. The van der Waals surface area contributed by atoms with E-state index in [-0.39, 0.29) is 23.2 Å². The lowest BCUT2D eigenvalue weighted by Crippen LogP contribution is -2.26. The monoisotopic (exact) mass is 277 g/mol. The molecule has 4 N–H and O–H groups in total.